The van der Waals surface area contributed by atoms with E-state index >= 15 is 0 Å². The summed E-state index contributed by atoms with van der Waals surface area (Å²) in [6.07, 6.45) is 6.65. The lowest BCUT2D eigenvalue weighted by molar-refractivity contribution is 0.0976. The fourth-order valence-electron chi connectivity index (χ4n) is 2.51. The third-order valence-corrected chi connectivity index (χ3v) is 3.12. The number of hydrogen-bond acceptors (Lipinski definition) is 2. The highest BCUT2D eigenvalue weighted by molar-refractivity contribution is 5.11. The Bertz CT molecular complexity index is 241. The van der Waals surface area contributed by atoms with E-state index in [1.165, 1.54) is 6.42 Å². The molecule has 0 aromatic heterocycles. The van der Waals surface area contributed by atoms with Crippen LogP contribution in [0.5, 0.6) is 0 Å². The number of fused-ring (bicyclic) bond motifs is 2. The van der Waals surface area contributed by atoms with Crippen molar-refractivity contribution in [3.63, 3.8) is 0 Å². The quantitative estimate of drug-likeness (QED) is 0.626. The smallest absolute Gasteiger partial charge is 0.0704 e. The Balaban J connectivity index is 1.99. The van der Waals surface area contributed by atoms with Crippen molar-refractivity contribution in [3.8, 4) is 6.07 Å². The highest BCUT2D eigenvalue weighted by Crippen LogP contribution is 2.45. The number of hydrogen-bond donors (Lipinski definition) is 1. The Hall–Kier alpha value is -0.810. The normalized spacial score (nSPS) is 39.8. The third-order valence-electron chi connectivity index (χ3n) is 3.12. The molecule has 4 atom stereocenters. The molecule has 1 saturated carbocycles. The van der Waals surface area contributed by atoms with Gasteiger partial charge in [-0.2, -0.15) is 5.26 Å². The highest BCUT2D eigenvalue weighted by atomic mass is 16.3. The molecule has 1 N–H and O–H groups in total. The zero-order valence-corrected chi connectivity index (χ0v) is 6.98. The Morgan fingerprint density at radius 1 is 1.50 bits per heavy atom. The number of nitrogens with zero attached hydrogens (tertiary/aromatic N) is 1. The van der Waals surface area contributed by atoms with Crippen LogP contribution in [0, 0.1) is 29.1 Å². The molecule has 2 nitrogen and oxygen atoms in total. The van der Waals surface area contributed by atoms with E-state index in [4.69, 9.17) is 5.26 Å². The van der Waals surface area contributed by atoms with Gasteiger partial charge in [0.2, 0.25) is 0 Å². The van der Waals surface area contributed by atoms with Gasteiger partial charge in [-0.3, -0.25) is 0 Å². The van der Waals surface area contributed by atoms with Gasteiger partial charge in [0, 0.05) is 0 Å². The molecule has 2 heteroatoms. The summed E-state index contributed by atoms with van der Waals surface area (Å²) in [6.45, 7) is 0. The largest absolute Gasteiger partial charge is 0.392 e. The van der Waals surface area contributed by atoms with Gasteiger partial charge in [-0.05, 0) is 30.6 Å². The van der Waals surface area contributed by atoms with E-state index in [0.717, 1.165) is 6.42 Å². The number of allylic oxidation sites excluding steroid dienone is 2. The minimum absolute atomic E-state index is 0.293. The molecule has 1 fully saturated rings. The fourth-order valence-corrected chi connectivity index (χ4v) is 2.51. The molecule has 2 rings (SSSR count). The molecule has 12 heavy (non-hydrogen) atoms. The van der Waals surface area contributed by atoms with Crippen LogP contribution in [-0.2, 0) is 0 Å². The van der Waals surface area contributed by atoms with Crippen LogP contribution in [0.3, 0.4) is 0 Å². The van der Waals surface area contributed by atoms with Crippen LogP contribution in [0.25, 0.3) is 0 Å². The molecule has 0 aromatic rings. The highest BCUT2D eigenvalue weighted by Gasteiger charge is 2.39. The molecule has 2 aliphatic carbocycles. The second kappa shape index (κ2) is 2.91. The van der Waals surface area contributed by atoms with E-state index in [0.29, 0.717) is 24.2 Å². The Kier molecular flexibility index (Phi) is 1.90. The van der Waals surface area contributed by atoms with Crippen LogP contribution in [0.1, 0.15) is 19.3 Å². The van der Waals surface area contributed by atoms with Crippen molar-refractivity contribution in [2.24, 2.45) is 17.8 Å². The van der Waals surface area contributed by atoms with Gasteiger partial charge in [-0.15, -0.1) is 0 Å². The molecule has 64 valence electrons. The number of aliphatic hydroxyl groups excluding tert-OH is 1. The summed E-state index contributed by atoms with van der Waals surface area (Å²) in [5.74, 6) is 1.60. The first-order chi connectivity index (χ1) is 5.81. The molecule has 0 heterocycles. The van der Waals surface area contributed by atoms with Gasteiger partial charge in [-0.25, -0.2) is 0 Å². The van der Waals surface area contributed by atoms with Gasteiger partial charge in [0.1, 0.15) is 0 Å². The van der Waals surface area contributed by atoms with Gasteiger partial charge in [0.15, 0.2) is 0 Å². The van der Waals surface area contributed by atoms with Crippen molar-refractivity contribution in [2.45, 2.75) is 25.4 Å². The van der Waals surface area contributed by atoms with E-state index in [9.17, 15) is 5.11 Å². The van der Waals surface area contributed by atoms with Crippen LogP contribution < -0.4 is 0 Å². The van der Waals surface area contributed by atoms with Crippen LogP contribution in [0.15, 0.2) is 12.2 Å². The van der Waals surface area contributed by atoms with E-state index in [2.05, 4.69) is 12.2 Å². The standard InChI is InChI=1S/C10H13NO/c11-4-3-10(12)9-6-7-1-2-8(9)5-7/h1-2,7-10,12H,3,5-6H2. The first-order valence-electron chi connectivity index (χ1n) is 4.54. The molecule has 0 aromatic carbocycles. The van der Waals surface area contributed by atoms with E-state index < -0.39 is 6.10 Å². The van der Waals surface area contributed by atoms with Crippen molar-refractivity contribution in [2.75, 3.05) is 0 Å². The fraction of sp³-hybridized carbons (Fsp3) is 0.700. The van der Waals surface area contributed by atoms with Crippen molar-refractivity contribution in [1.82, 2.24) is 0 Å². The van der Waals surface area contributed by atoms with Gasteiger partial charge in [0.25, 0.3) is 0 Å². The average Bonchev–Trinajstić information content (AvgIpc) is 2.64. The maximum absolute atomic E-state index is 9.61. The monoisotopic (exact) mass is 163 g/mol. The number of nitriles is 1. The van der Waals surface area contributed by atoms with Gasteiger partial charge < -0.3 is 5.11 Å². The van der Waals surface area contributed by atoms with E-state index in [-0.39, 0.29) is 0 Å². The van der Waals surface area contributed by atoms with Gasteiger partial charge in [-0.1, -0.05) is 12.2 Å². The first kappa shape index (κ1) is 7.82. The predicted octanol–water partition coefficient (Wildman–Crippen LogP) is 1.47. The molecule has 0 spiro atoms. The molecule has 2 bridgehead atoms. The Morgan fingerprint density at radius 3 is 2.83 bits per heavy atom. The second-order valence-corrected chi connectivity index (χ2v) is 3.87. The molecule has 4 unspecified atom stereocenters. The molecule has 0 aliphatic heterocycles. The SMILES string of the molecule is N#CCC(O)C1CC2C=CC1C2. The van der Waals surface area contributed by atoms with E-state index in [1.807, 2.05) is 6.07 Å². The molecular weight excluding hydrogens is 150 g/mol. The lowest BCUT2D eigenvalue weighted by atomic mass is 9.87. The number of rotatable bonds is 2. The van der Waals surface area contributed by atoms with Crippen LogP contribution in [0.2, 0.25) is 0 Å². The summed E-state index contributed by atoms with van der Waals surface area (Å²) in [6, 6.07) is 2.03. The van der Waals surface area contributed by atoms with Crippen molar-refractivity contribution in [1.29, 1.82) is 5.26 Å². The average molecular weight is 163 g/mol. The van der Waals surface area contributed by atoms with Crippen molar-refractivity contribution >= 4 is 0 Å². The zero-order chi connectivity index (χ0) is 8.55. The molecule has 2 aliphatic rings. The number of aliphatic hydroxyl groups is 1. The van der Waals surface area contributed by atoms with E-state index in [1.54, 1.807) is 0 Å². The van der Waals surface area contributed by atoms with Crippen LogP contribution in [-0.4, -0.2) is 11.2 Å². The maximum Gasteiger partial charge on any atom is 0.0704 e. The molecule has 0 amide bonds. The summed E-state index contributed by atoms with van der Waals surface area (Å²) in [4.78, 5) is 0. The zero-order valence-electron chi connectivity index (χ0n) is 6.98. The minimum Gasteiger partial charge on any atom is -0.392 e. The lowest BCUT2D eigenvalue weighted by Gasteiger charge is -2.21. The van der Waals surface area contributed by atoms with Crippen LogP contribution >= 0.6 is 0 Å². The summed E-state index contributed by atoms with van der Waals surface area (Å²) in [5.41, 5.74) is 0. The predicted molar refractivity (Wildman–Crippen MR) is 45.1 cm³/mol. The first-order valence-corrected chi connectivity index (χ1v) is 4.54. The summed E-state index contributed by atoms with van der Waals surface area (Å²) >= 11 is 0. The molecule has 0 saturated heterocycles. The van der Waals surface area contributed by atoms with Crippen molar-refractivity contribution < 1.29 is 5.11 Å². The second-order valence-electron chi connectivity index (χ2n) is 3.87. The van der Waals surface area contributed by atoms with Gasteiger partial charge >= 0.3 is 0 Å². The summed E-state index contributed by atoms with van der Waals surface area (Å²) < 4.78 is 0. The molecule has 0 radical (unpaired) electrons. The third kappa shape index (κ3) is 1.15. The maximum atomic E-state index is 9.61. The summed E-state index contributed by atoms with van der Waals surface area (Å²) in [5, 5.41) is 18.1. The topological polar surface area (TPSA) is 44.0 Å². The molecular formula is C10H13NO. The van der Waals surface area contributed by atoms with Crippen LogP contribution in [0.4, 0.5) is 0 Å². The summed E-state index contributed by atoms with van der Waals surface area (Å²) in [7, 11) is 0. The lowest BCUT2D eigenvalue weighted by Crippen LogP contribution is -2.23. The minimum atomic E-state index is -0.394. The Labute approximate surface area is 72.5 Å². The van der Waals surface area contributed by atoms with Gasteiger partial charge in [0.05, 0.1) is 18.6 Å². The van der Waals surface area contributed by atoms with Crippen molar-refractivity contribution in [3.05, 3.63) is 12.2 Å². The Morgan fingerprint density at radius 2 is 2.33 bits per heavy atom.